The van der Waals surface area contributed by atoms with Crippen LogP contribution in [0.2, 0.25) is 0 Å². The molecule has 1 aliphatic carbocycles. The first kappa shape index (κ1) is 10.5. The van der Waals surface area contributed by atoms with Crippen LogP contribution in [0, 0.1) is 5.41 Å². The Morgan fingerprint density at radius 3 is 3.06 bits per heavy atom. The maximum atomic E-state index is 9.01. The topological polar surface area (TPSA) is 86.7 Å². The molecule has 3 N–H and O–H groups in total. The van der Waals surface area contributed by atoms with Crippen LogP contribution in [0.15, 0.2) is 12.5 Å². The summed E-state index contributed by atoms with van der Waals surface area (Å²) in [7, 11) is 0. The Bertz CT molecular complexity index is 519. The highest BCUT2D eigenvalue weighted by molar-refractivity contribution is 5.85. The molecule has 0 spiro atoms. The van der Waals surface area contributed by atoms with Crippen LogP contribution in [0.25, 0.3) is 11.0 Å². The lowest BCUT2D eigenvalue weighted by Gasteiger charge is -2.14. The molecule has 0 bridgehead atoms. The number of fused-ring (bicyclic) bond motifs is 1. The van der Waals surface area contributed by atoms with Crippen molar-refractivity contribution >= 4 is 16.9 Å². The van der Waals surface area contributed by atoms with E-state index in [0.717, 1.165) is 29.8 Å². The Morgan fingerprint density at radius 2 is 2.29 bits per heavy atom. The van der Waals surface area contributed by atoms with Crippen LogP contribution in [0.3, 0.4) is 0 Å². The van der Waals surface area contributed by atoms with E-state index < -0.39 is 0 Å². The molecular weight excluding hydrogens is 218 g/mol. The molecule has 1 aliphatic rings. The Hall–Kier alpha value is -1.69. The molecular formula is C11H15N5O. The summed E-state index contributed by atoms with van der Waals surface area (Å²) in [6.45, 7) is 1.11. The molecule has 17 heavy (non-hydrogen) atoms. The number of aromatic amines is 1. The minimum atomic E-state index is 0.257. The number of nitrogens with one attached hydrogen (secondary N) is 2. The van der Waals surface area contributed by atoms with Crippen molar-refractivity contribution in [3.8, 4) is 0 Å². The van der Waals surface area contributed by atoms with Crippen molar-refractivity contribution in [2.75, 3.05) is 18.5 Å². The number of aliphatic hydroxyl groups is 1. The highest BCUT2D eigenvalue weighted by Crippen LogP contribution is 2.48. The zero-order chi connectivity index (χ0) is 11.7. The van der Waals surface area contributed by atoms with Crippen LogP contribution >= 0.6 is 0 Å². The second-order valence-electron chi connectivity index (χ2n) is 4.68. The van der Waals surface area contributed by atoms with E-state index in [-0.39, 0.29) is 12.0 Å². The zero-order valence-electron chi connectivity index (χ0n) is 9.48. The zero-order valence-corrected chi connectivity index (χ0v) is 9.48. The summed E-state index contributed by atoms with van der Waals surface area (Å²) in [5.74, 6) is 0.813. The molecule has 0 atom stereocenters. The summed E-state index contributed by atoms with van der Waals surface area (Å²) in [5.41, 5.74) is 1.02. The van der Waals surface area contributed by atoms with Crippen LogP contribution in [0.5, 0.6) is 0 Å². The molecule has 2 aromatic rings. The fourth-order valence-corrected chi connectivity index (χ4v) is 2.11. The van der Waals surface area contributed by atoms with Gasteiger partial charge in [-0.05, 0) is 24.7 Å². The van der Waals surface area contributed by atoms with Gasteiger partial charge in [0.25, 0.3) is 0 Å². The molecule has 0 amide bonds. The molecule has 0 unspecified atom stereocenters. The molecule has 0 aromatic carbocycles. The second kappa shape index (κ2) is 3.96. The van der Waals surface area contributed by atoms with Crippen LogP contribution < -0.4 is 5.32 Å². The molecule has 2 heterocycles. The van der Waals surface area contributed by atoms with E-state index in [4.69, 9.17) is 5.11 Å². The summed E-state index contributed by atoms with van der Waals surface area (Å²) >= 11 is 0. The van der Waals surface area contributed by atoms with Gasteiger partial charge in [0.15, 0.2) is 5.65 Å². The van der Waals surface area contributed by atoms with Crippen molar-refractivity contribution in [3.63, 3.8) is 0 Å². The summed E-state index contributed by atoms with van der Waals surface area (Å²) in [4.78, 5) is 8.31. The maximum absolute atomic E-state index is 9.01. The van der Waals surface area contributed by atoms with Gasteiger partial charge < -0.3 is 10.4 Å². The number of hydrogen-bond donors (Lipinski definition) is 3. The van der Waals surface area contributed by atoms with Crippen molar-refractivity contribution < 1.29 is 5.11 Å². The van der Waals surface area contributed by atoms with Gasteiger partial charge in [0.2, 0.25) is 0 Å². The van der Waals surface area contributed by atoms with Crippen LogP contribution in [-0.2, 0) is 0 Å². The number of anilines is 1. The third-order valence-corrected chi connectivity index (χ3v) is 3.48. The molecule has 0 saturated heterocycles. The first-order chi connectivity index (χ1) is 8.33. The first-order valence-electron chi connectivity index (χ1n) is 5.82. The number of aromatic nitrogens is 4. The standard InChI is InChI=1S/C11H15N5O/c17-4-3-11(1-2-11)6-12-9-8-5-15-16-10(8)14-7-13-9/h5,7,17H,1-4,6H2,(H2,12,13,14,15,16). The van der Waals surface area contributed by atoms with Crippen molar-refractivity contribution in [2.45, 2.75) is 19.3 Å². The molecule has 1 saturated carbocycles. The molecule has 1 fully saturated rings. The van der Waals surface area contributed by atoms with Gasteiger partial charge in [-0.3, -0.25) is 5.10 Å². The Labute approximate surface area is 98.5 Å². The number of nitrogens with zero attached hydrogens (tertiary/aromatic N) is 3. The maximum Gasteiger partial charge on any atom is 0.160 e. The number of H-pyrrole nitrogens is 1. The van der Waals surface area contributed by atoms with Gasteiger partial charge in [0, 0.05) is 13.2 Å². The molecule has 0 aliphatic heterocycles. The van der Waals surface area contributed by atoms with Crippen LogP contribution in [-0.4, -0.2) is 38.4 Å². The predicted molar refractivity (Wildman–Crippen MR) is 63.5 cm³/mol. The molecule has 6 heteroatoms. The number of hydrogen-bond acceptors (Lipinski definition) is 5. The van der Waals surface area contributed by atoms with E-state index >= 15 is 0 Å². The van der Waals surface area contributed by atoms with E-state index in [1.807, 2.05) is 0 Å². The smallest absolute Gasteiger partial charge is 0.160 e. The molecule has 6 nitrogen and oxygen atoms in total. The largest absolute Gasteiger partial charge is 0.396 e. The lowest BCUT2D eigenvalue weighted by molar-refractivity contribution is 0.253. The fraction of sp³-hybridized carbons (Fsp3) is 0.545. The van der Waals surface area contributed by atoms with E-state index in [1.165, 1.54) is 19.2 Å². The molecule has 90 valence electrons. The quantitative estimate of drug-likeness (QED) is 0.715. The van der Waals surface area contributed by atoms with Crippen LogP contribution in [0.1, 0.15) is 19.3 Å². The monoisotopic (exact) mass is 233 g/mol. The van der Waals surface area contributed by atoms with Gasteiger partial charge in [-0.1, -0.05) is 0 Å². The summed E-state index contributed by atoms with van der Waals surface area (Å²) in [5, 5.41) is 20.0. The van der Waals surface area contributed by atoms with E-state index in [9.17, 15) is 0 Å². The normalized spacial score (nSPS) is 17.2. The second-order valence-corrected chi connectivity index (χ2v) is 4.68. The Kier molecular flexibility index (Phi) is 2.44. The predicted octanol–water partition coefficient (Wildman–Crippen LogP) is 0.927. The van der Waals surface area contributed by atoms with Gasteiger partial charge in [0.1, 0.15) is 12.1 Å². The average molecular weight is 233 g/mol. The van der Waals surface area contributed by atoms with E-state index in [2.05, 4.69) is 25.5 Å². The SMILES string of the molecule is OCCC1(CNc2ncnc3[nH]ncc23)CC1. The van der Waals surface area contributed by atoms with Gasteiger partial charge in [-0.2, -0.15) is 5.10 Å². The van der Waals surface area contributed by atoms with Gasteiger partial charge in [0.05, 0.1) is 11.6 Å². The Balaban J connectivity index is 1.75. The van der Waals surface area contributed by atoms with Crippen molar-refractivity contribution in [3.05, 3.63) is 12.5 Å². The summed E-state index contributed by atoms with van der Waals surface area (Å²) in [6.07, 6.45) is 6.47. The van der Waals surface area contributed by atoms with Crippen LogP contribution in [0.4, 0.5) is 5.82 Å². The average Bonchev–Trinajstić information content (AvgIpc) is 2.92. The number of rotatable bonds is 5. The molecule has 3 rings (SSSR count). The lowest BCUT2D eigenvalue weighted by atomic mass is 10.0. The van der Waals surface area contributed by atoms with Crippen molar-refractivity contribution in [2.24, 2.45) is 5.41 Å². The van der Waals surface area contributed by atoms with Gasteiger partial charge in [-0.15, -0.1) is 0 Å². The Morgan fingerprint density at radius 1 is 1.41 bits per heavy atom. The van der Waals surface area contributed by atoms with Crippen molar-refractivity contribution in [1.29, 1.82) is 0 Å². The minimum Gasteiger partial charge on any atom is -0.396 e. The molecule has 0 radical (unpaired) electrons. The van der Waals surface area contributed by atoms with Gasteiger partial charge >= 0.3 is 0 Å². The molecule has 2 aromatic heterocycles. The fourth-order valence-electron chi connectivity index (χ4n) is 2.11. The van der Waals surface area contributed by atoms with E-state index in [0.29, 0.717) is 0 Å². The summed E-state index contributed by atoms with van der Waals surface area (Å²) < 4.78 is 0. The lowest BCUT2D eigenvalue weighted by Crippen LogP contribution is -2.17. The highest BCUT2D eigenvalue weighted by atomic mass is 16.3. The minimum absolute atomic E-state index is 0.257. The highest BCUT2D eigenvalue weighted by Gasteiger charge is 2.41. The van der Waals surface area contributed by atoms with Crippen molar-refractivity contribution in [1.82, 2.24) is 20.2 Å². The summed E-state index contributed by atoms with van der Waals surface area (Å²) in [6, 6.07) is 0. The first-order valence-corrected chi connectivity index (χ1v) is 5.82. The third kappa shape index (κ3) is 1.95. The number of aliphatic hydroxyl groups excluding tert-OH is 1. The van der Waals surface area contributed by atoms with Gasteiger partial charge in [-0.25, -0.2) is 9.97 Å². The van der Waals surface area contributed by atoms with E-state index in [1.54, 1.807) is 6.20 Å². The third-order valence-electron chi connectivity index (χ3n) is 3.48.